The predicted molar refractivity (Wildman–Crippen MR) is 65.9 cm³/mol. The first-order valence-corrected chi connectivity index (χ1v) is 5.58. The third kappa shape index (κ3) is 2.62. The maximum Gasteiger partial charge on any atom is 0.270 e. The molecule has 0 radical (unpaired) electrons. The molecule has 18 heavy (non-hydrogen) atoms. The Balaban J connectivity index is 2.40. The van der Waals surface area contributed by atoms with Crippen LogP contribution in [0.25, 0.3) is 5.57 Å². The van der Waals surface area contributed by atoms with Crippen LogP contribution in [0.2, 0.25) is 0 Å². The van der Waals surface area contributed by atoms with E-state index in [1.54, 1.807) is 19.1 Å². The van der Waals surface area contributed by atoms with E-state index >= 15 is 0 Å². The highest BCUT2D eigenvalue weighted by Crippen LogP contribution is 2.33. The third-order valence-corrected chi connectivity index (χ3v) is 2.89. The molecular weight excluding hydrogens is 234 g/mol. The molecule has 1 unspecified atom stereocenters. The van der Waals surface area contributed by atoms with E-state index < -0.39 is 10.5 Å². The fourth-order valence-corrected chi connectivity index (χ4v) is 2.15. The molecule has 0 bridgehead atoms. The van der Waals surface area contributed by atoms with Gasteiger partial charge in [-0.1, -0.05) is 12.1 Å². The quantitative estimate of drug-likeness (QED) is 0.641. The van der Waals surface area contributed by atoms with Gasteiger partial charge in [0.2, 0.25) is 0 Å². The minimum atomic E-state index is -1.08. The Morgan fingerprint density at radius 3 is 2.72 bits per heavy atom. The zero-order valence-electron chi connectivity index (χ0n) is 9.92. The van der Waals surface area contributed by atoms with Gasteiger partial charge in [-0.05, 0) is 24.1 Å². The molecule has 1 aliphatic carbocycles. The molecule has 0 fully saturated rings. The van der Waals surface area contributed by atoms with Crippen LogP contribution in [0, 0.1) is 10.1 Å². The Bertz CT molecular complexity index is 546. The lowest BCUT2D eigenvalue weighted by Gasteiger charge is -2.27. The number of carbonyl (C=O) groups is 1. The third-order valence-electron chi connectivity index (χ3n) is 2.89. The van der Waals surface area contributed by atoms with Gasteiger partial charge in [-0.2, -0.15) is 0 Å². The van der Waals surface area contributed by atoms with Crippen molar-refractivity contribution in [2.75, 3.05) is 0 Å². The highest BCUT2D eigenvalue weighted by Gasteiger charge is 2.30. The van der Waals surface area contributed by atoms with E-state index in [-0.39, 0.29) is 17.9 Å². The highest BCUT2D eigenvalue weighted by molar-refractivity contribution is 5.99. The average Bonchev–Trinajstić information content (AvgIpc) is 2.26. The Morgan fingerprint density at radius 2 is 2.11 bits per heavy atom. The zero-order valence-corrected chi connectivity index (χ0v) is 9.92. The van der Waals surface area contributed by atoms with Crippen LogP contribution in [-0.2, 0) is 4.79 Å². The van der Waals surface area contributed by atoms with Crippen molar-refractivity contribution < 1.29 is 14.8 Å². The summed E-state index contributed by atoms with van der Waals surface area (Å²) in [5.41, 5.74) is 0.148. The molecule has 0 aliphatic heterocycles. The molecule has 5 heteroatoms. The van der Waals surface area contributed by atoms with E-state index in [0.717, 1.165) is 0 Å². The van der Waals surface area contributed by atoms with Crippen LogP contribution in [0.1, 0.15) is 25.3 Å². The second-order valence-corrected chi connectivity index (χ2v) is 4.79. The Morgan fingerprint density at radius 1 is 1.39 bits per heavy atom. The van der Waals surface area contributed by atoms with Crippen LogP contribution in [0.15, 0.2) is 30.3 Å². The van der Waals surface area contributed by atoms with Gasteiger partial charge in [0.25, 0.3) is 5.69 Å². The molecule has 1 aromatic rings. The number of rotatable bonds is 2. The highest BCUT2D eigenvalue weighted by atomic mass is 16.6. The summed E-state index contributed by atoms with van der Waals surface area (Å²) < 4.78 is 0. The van der Waals surface area contributed by atoms with E-state index in [0.29, 0.717) is 17.6 Å². The Hall–Kier alpha value is -2.01. The molecule has 0 saturated heterocycles. The first-order valence-electron chi connectivity index (χ1n) is 5.58. The van der Waals surface area contributed by atoms with Crippen LogP contribution in [0.4, 0.5) is 5.69 Å². The molecule has 1 N–H and O–H groups in total. The lowest BCUT2D eigenvalue weighted by molar-refractivity contribution is -0.384. The molecule has 0 heterocycles. The summed E-state index contributed by atoms with van der Waals surface area (Å²) in [7, 11) is 0. The van der Waals surface area contributed by atoms with Gasteiger partial charge in [0, 0.05) is 25.0 Å². The topological polar surface area (TPSA) is 80.4 Å². The minimum Gasteiger partial charge on any atom is -0.389 e. The van der Waals surface area contributed by atoms with Crippen LogP contribution in [0.5, 0.6) is 0 Å². The average molecular weight is 247 g/mol. The molecule has 0 saturated carbocycles. The van der Waals surface area contributed by atoms with Crippen LogP contribution in [0.3, 0.4) is 0 Å². The van der Waals surface area contributed by atoms with Gasteiger partial charge in [0.05, 0.1) is 10.5 Å². The number of hydrogen-bond donors (Lipinski definition) is 1. The minimum absolute atomic E-state index is 0.0222. The molecule has 0 amide bonds. The number of aliphatic hydroxyl groups is 1. The zero-order chi connectivity index (χ0) is 13.3. The smallest absolute Gasteiger partial charge is 0.270 e. The van der Waals surface area contributed by atoms with Crippen molar-refractivity contribution in [3.8, 4) is 0 Å². The first-order chi connectivity index (χ1) is 8.37. The second-order valence-electron chi connectivity index (χ2n) is 4.79. The molecular formula is C13H13NO4. The SMILES string of the molecule is CC1(O)CC(=O)C=C(c2cccc([N+](=O)[O-])c2)C1. The van der Waals surface area contributed by atoms with E-state index in [1.165, 1.54) is 18.2 Å². The monoisotopic (exact) mass is 247 g/mol. The standard InChI is InChI=1S/C13H13NO4/c1-13(16)7-10(6-12(15)8-13)9-3-2-4-11(5-9)14(17)18/h2-6,16H,7-8H2,1H3. The summed E-state index contributed by atoms with van der Waals surface area (Å²) in [5, 5.41) is 20.7. The molecule has 1 aromatic carbocycles. The van der Waals surface area contributed by atoms with Gasteiger partial charge in [-0.15, -0.1) is 0 Å². The van der Waals surface area contributed by atoms with Crippen molar-refractivity contribution >= 4 is 17.0 Å². The largest absolute Gasteiger partial charge is 0.389 e. The maximum absolute atomic E-state index is 11.5. The van der Waals surface area contributed by atoms with Gasteiger partial charge in [-0.3, -0.25) is 14.9 Å². The normalized spacial score (nSPS) is 23.7. The number of carbonyl (C=O) groups excluding carboxylic acids is 1. The van der Waals surface area contributed by atoms with Crippen molar-refractivity contribution in [2.45, 2.75) is 25.4 Å². The molecule has 5 nitrogen and oxygen atoms in total. The van der Waals surface area contributed by atoms with E-state index in [1.807, 2.05) is 0 Å². The fourth-order valence-electron chi connectivity index (χ4n) is 2.15. The lowest BCUT2D eigenvalue weighted by atomic mass is 9.83. The molecule has 2 rings (SSSR count). The molecule has 0 spiro atoms. The molecule has 0 aromatic heterocycles. The number of allylic oxidation sites excluding steroid dienone is 1. The Labute approximate surface area is 104 Å². The summed E-state index contributed by atoms with van der Waals surface area (Å²) in [5.74, 6) is -0.159. The summed E-state index contributed by atoms with van der Waals surface area (Å²) in [4.78, 5) is 21.7. The van der Waals surface area contributed by atoms with Crippen molar-refractivity contribution in [1.82, 2.24) is 0 Å². The number of nitro groups is 1. The fraction of sp³-hybridized carbons (Fsp3) is 0.308. The van der Waals surface area contributed by atoms with E-state index in [2.05, 4.69) is 0 Å². The van der Waals surface area contributed by atoms with Crippen LogP contribution in [-0.4, -0.2) is 21.4 Å². The summed E-state index contributed by atoms with van der Waals surface area (Å²) in [6, 6.07) is 6.09. The number of ketones is 1. The van der Waals surface area contributed by atoms with Gasteiger partial charge in [-0.25, -0.2) is 0 Å². The van der Waals surface area contributed by atoms with E-state index in [9.17, 15) is 20.0 Å². The van der Waals surface area contributed by atoms with Gasteiger partial charge in [0.1, 0.15) is 0 Å². The number of nitro benzene ring substituents is 1. The number of hydrogen-bond acceptors (Lipinski definition) is 4. The summed E-state index contributed by atoms with van der Waals surface area (Å²) in [6.45, 7) is 1.59. The first kappa shape index (κ1) is 12.4. The van der Waals surface area contributed by atoms with Crippen LogP contribution < -0.4 is 0 Å². The number of non-ortho nitro benzene ring substituents is 1. The second kappa shape index (κ2) is 4.34. The molecule has 1 aliphatic rings. The van der Waals surface area contributed by atoms with E-state index in [4.69, 9.17) is 0 Å². The predicted octanol–water partition coefficient (Wildman–Crippen LogP) is 2.09. The maximum atomic E-state index is 11.5. The van der Waals surface area contributed by atoms with Crippen molar-refractivity contribution in [2.24, 2.45) is 0 Å². The van der Waals surface area contributed by atoms with Gasteiger partial charge < -0.3 is 5.11 Å². The van der Waals surface area contributed by atoms with Crippen molar-refractivity contribution in [3.05, 3.63) is 46.0 Å². The summed E-state index contributed by atoms with van der Waals surface area (Å²) >= 11 is 0. The summed E-state index contributed by atoms with van der Waals surface area (Å²) in [6.07, 6.45) is 1.86. The number of nitrogens with zero attached hydrogens (tertiary/aromatic N) is 1. The van der Waals surface area contributed by atoms with Crippen LogP contribution >= 0.6 is 0 Å². The lowest BCUT2D eigenvalue weighted by Crippen LogP contribution is -2.30. The molecule has 1 atom stereocenters. The van der Waals surface area contributed by atoms with Gasteiger partial charge >= 0.3 is 0 Å². The number of benzene rings is 1. The van der Waals surface area contributed by atoms with Crippen molar-refractivity contribution in [1.29, 1.82) is 0 Å². The van der Waals surface area contributed by atoms with Crippen molar-refractivity contribution in [3.63, 3.8) is 0 Å². The Kier molecular flexibility index (Phi) is 3.00. The van der Waals surface area contributed by atoms with Gasteiger partial charge in [0.15, 0.2) is 5.78 Å². The molecule has 94 valence electrons.